The lowest BCUT2D eigenvalue weighted by Gasteiger charge is -2.16. The van der Waals surface area contributed by atoms with E-state index in [0.717, 1.165) is 0 Å². The van der Waals surface area contributed by atoms with Crippen LogP contribution in [-0.2, 0) is 14.8 Å². The molecule has 1 aromatic carbocycles. The van der Waals surface area contributed by atoms with Gasteiger partial charge in [0.25, 0.3) is 0 Å². The third-order valence-corrected chi connectivity index (χ3v) is 5.68. The van der Waals surface area contributed by atoms with Crippen LogP contribution < -0.4 is 0 Å². The van der Waals surface area contributed by atoms with Crippen LogP contribution in [0.5, 0.6) is 0 Å². The van der Waals surface area contributed by atoms with Gasteiger partial charge in [-0.3, -0.25) is 4.79 Å². The van der Waals surface area contributed by atoms with E-state index in [9.17, 15) is 13.2 Å². The number of carboxylic acids is 1. The molecule has 1 saturated heterocycles. The number of benzene rings is 1. The Morgan fingerprint density at radius 1 is 1.43 bits per heavy atom. The summed E-state index contributed by atoms with van der Waals surface area (Å²) in [6.45, 7) is 3.58. The second-order valence-corrected chi connectivity index (χ2v) is 7.27. The second-order valence-electron chi connectivity index (χ2n) is 5.33. The number of nitriles is 1. The van der Waals surface area contributed by atoms with Gasteiger partial charge in [-0.25, -0.2) is 8.42 Å². The molecule has 0 amide bonds. The molecule has 1 fully saturated rings. The van der Waals surface area contributed by atoms with Crippen LogP contribution in [0, 0.1) is 30.1 Å². The van der Waals surface area contributed by atoms with E-state index in [1.54, 1.807) is 13.8 Å². The molecule has 0 aromatic heterocycles. The molecule has 0 bridgehead atoms. The largest absolute Gasteiger partial charge is 0.481 e. The van der Waals surface area contributed by atoms with Crippen molar-refractivity contribution < 1.29 is 18.3 Å². The van der Waals surface area contributed by atoms with Crippen molar-refractivity contribution >= 4 is 16.0 Å². The molecule has 6 nitrogen and oxygen atoms in total. The van der Waals surface area contributed by atoms with E-state index in [1.165, 1.54) is 22.5 Å². The number of aryl methyl sites for hydroxylation is 1. The predicted molar refractivity (Wildman–Crippen MR) is 74.9 cm³/mol. The molecule has 7 heteroatoms. The standard InChI is InChI=1S/C14H16N2O4S/c1-9-5-12(4-3-11(9)6-15)21(19,20)16-7-10(2)13(8-16)14(17)18/h3-5,10,13H,7-8H2,1-2H3,(H,17,18). The smallest absolute Gasteiger partial charge is 0.308 e. The van der Waals surface area contributed by atoms with E-state index in [1.807, 2.05) is 6.07 Å². The van der Waals surface area contributed by atoms with E-state index in [0.29, 0.717) is 11.1 Å². The van der Waals surface area contributed by atoms with E-state index in [4.69, 9.17) is 10.4 Å². The molecule has 0 aliphatic carbocycles. The summed E-state index contributed by atoms with van der Waals surface area (Å²) in [5.41, 5.74) is 1.01. The Labute approximate surface area is 123 Å². The molecule has 1 aliphatic heterocycles. The minimum atomic E-state index is -3.72. The van der Waals surface area contributed by atoms with Gasteiger partial charge in [-0.1, -0.05) is 6.92 Å². The lowest BCUT2D eigenvalue weighted by molar-refractivity contribution is -0.142. The zero-order valence-corrected chi connectivity index (χ0v) is 12.6. The zero-order valence-electron chi connectivity index (χ0n) is 11.8. The van der Waals surface area contributed by atoms with Gasteiger partial charge in [0.2, 0.25) is 10.0 Å². The number of hydrogen-bond acceptors (Lipinski definition) is 4. The summed E-state index contributed by atoms with van der Waals surface area (Å²) in [7, 11) is -3.72. The van der Waals surface area contributed by atoms with Gasteiger partial charge in [-0.05, 0) is 36.6 Å². The Bertz CT molecular complexity index is 721. The van der Waals surface area contributed by atoms with Gasteiger partial charge in [0.15, 0.2) is 0 Å². The summed E-state index contributed by atoms with van der Waals surface area (Å²) >= 11 is 0. The Morgan fingerprint density at radius 2 is 2.10 bits per heavy atom. The van der Waals surface area contributed by atoms with Gasteiger partial charge < -0.3 is 5.11 Å². The SMILES string of the molecule is Cc1cc(S(=O)(=O)N2CC(C)C(C(=O)O)C2)ccc1C#N. The molecule has 1 N–H and O–H groups in total. The average Bonchev–Trinajstić information content (AvgIpc) is 2.81. The first-order valence-corrected chi connectivity index (χ1v) is 7.95. The lowest BCUT2D eigenvalue weighted by Crippen LogP contribution is -2.30. The van der Waals surface area contributed by atoms with Crippen molar-refractivity contribution in [3.8, 4) is 6.07 Å². The summed E-state index contributed by atoms with van der Waals surface area (Å²) in [5.74, 6) is -1.88. The van der Waals surface area contributed by atoms with Crippen LogP contribution in [0.3, 0.4) is 0 Å². The molecule has 2 rings (SSSR count). The molecule has 1 heterocycles. The van der Waals surface area contributed by atoms with Crippen LogP contribution in [0.2, 0.25) is 0 Å². The van der Waals surface area contributed by atoms with Gasteiger partial charge in [-0.2, -0.15) is 9.57 Å². The topological polar surface area (TPSA) is 98.5 Å². The highest BCUT2D eigenvalue weighted by molar-refractivity contribution is 7.89. The maximum absolute atomic E-state index is 12.6. The van der Waals surface area contributed by atoms with Crippen LogP contribution in [0.1, 0.15) is 18.1 Å². The third kappa shape index (κ3) is 2.77. The van der Waals surface area contributed by atoms with Crippen LogP contribution in [0.4, 0.5) is 0 Å². The molecule has 21 heavy (non-hydrogen) atoms. The summed E-state index contributed by atoms with van der Waals surface area (Å²) in [6.07, 6.45) is 0. The molecular formula is C14H16N2O4S. The van der Waals surface area contributed by atoms with E-state index in [-0.39, 0.29) is 23.9 Å². The minimum absolute atomic E-state index is 0.0160. The maximum atomic E-state index is 12.6. The number of carbonyl (C=O) groups is 1. The molecule has 2 unspecified atom stereocenters. The Balaban J connectivity index is 2.34. The van der Waals surface area contributed by atoms with Gasteiger partial charge in [0.1, 0.15) is 0 Å². The molecule has 112 valence electrons. The number of nitrogens with zero attached hydrogens (tertiary/aromatic N) is 2. The lowest BCUT2D eigenvalue weighted by atomic mass is 9.99. The molecule has 0 spiro atoms. The van der Waals surface area contributed by atoms with Crippen molar-refractivity contribution in [3.05, 3.63) is 29.3 Å². The molecule has 1 aliphatic rings. The first kappa shape index (κ1) is 15.5. The number of rotatable bonds is 3. The fraction of sp³-hybridized carbons (Fsp3) is 0.429. The molecule has 0 saturated carbocycles. The second kappa shape index (κ2) is 5.47. The highest BCUT2D eigenvalue weighted by atomic mass is 32.2. The van der Waals surface area contributed by atoms with Crippen molar-refractivity contribution in [3.63, 3.8) is 0 Å². The van der Waals surface area contributed by atoms with E-state index >= 15 is 0 Å². The molecular weight excluding hydrogens is 292 g/mol. The highest BCUT2D eigenvalue weighted by Crippen LogP contribution is 2.29. The number of carboxylic acid groups (broad SMARTS) is 1. The minimum Gasteiger partial charge on any atom is -0.481 e. The number of aliphatic carboxylic acids is 1. The van der Waals surface area contributed by atoms with Crippen molar-refractivity contribution in [1.82, 2.24) is 4.31 Å². The summed E-state index contributed by atoms with van der Waals surface area (Å²) in [5, 5.41) is 18.0. The van der Waals surface area contributed by atoms with Gasteiger partial charge in [0.05, 0.1) is 22.4 Å². The Kier molecular flexibility index (Phi) is 4.03. The van der Waals surface area contributed by atoms with Crippen LogP contribution >= 0.6 is 0 Å². The first-order chi connectivity index (χ1) is 9.77. The third-order valence-electron chi connectivity index (χ3n) is 3.85. The van der Waals surface area contributed by atoms with Crippen LogP contribution in [0.25, 0.3) is 0 Å². The molecule has 0 radical (unpaired) electrons. The molecule has 2 atom stereocenters. The highest BCUT2D eigenvalue weighted by Gasteiger charge is 2.40. The summed E-state index contributed by atoms with van der Waals surface area (Å²) in [6, 6.07) is 6.29. The number of sulfonamides is 1. The fourth-order valence-electron chi connectivity index (χ4n) is 2.51. The monoisotopic (exact) mass is 308 g/mol. The Morgan fingerprint density at radius 3 is 2.57 bits per heavy atom. The molecule has 1 aromatic rings. The first-order valence-electron chi connectivity index (χ1n) is 6.51. The quantitative estimate of drug-likeness (QED) is 0.905. The average molecular weight is 308 g/mol. The summed E-state index contributed by atoms with van der Waals surface area (Å²) < 4.78 is 26.3. The fourth-order valence-corrected chi connectivity index (χ4v) is 4.16. The van der Waals surface area contributed by atoms with Gasteiger partial charge >= 0.3 is 5.97 Å². The van der Waals surface area contributed by atoms with Crippen molar-refractivity contribution in [2.45, 2.75) is 18.7 Å². The normalized spacial score (nSPS) is 22.9. The van der Waals surface area contributed by atoms with E-state index in [2.05, 4.69) is 0 Å². The van der Waals surface area contributed by atoms with Crippen molar-refractivity contribution in [1.29, 1.82) is 5.26 Å². The summed E-state index contributed by atoms with van der Waals surface area (Å²) in [4.78, 5) is 11.2. The predicted octanol–water partition coefficient (Wildman–Crippen LogP) is 1.21. The van der Waals surface area contributed by atoms with Gasteiger partial charge in [-0.15, -0.1) is 0 Å². The van der Waals surface area contributed by atoms with Crippen LogP contribution in [-0.4, -0.2) is 36.9 Å². The maximum Gasteiger partial charge on any atom is 0.308 e. The Hall–Kier alpha value is -1.91. The van der Waals surface area contributed by atoms with Crippen molar-refractivity contribution in [2.75, 3.05) is 13.1 Å². The zero-order chi connectivity index (χ0) is 15.8. The number of hydrogen-bond donors (Lipinski definition) is 1. The van der Waals surface area contributed by atoms with E-state index < -0.39 is 21.9 Å². The van der Waals surface area contributed by atoms with Crippen molar-refractivity contribution in [2.24, 2.45) is 11.8 Å². The van der Waals surface area contributed by atoms with Crippen LogP contribution in [0.15, 0.2) is 23.1 Å². The van der Waals surface area contributed by atoms with Gasteiger partial charge in [0, 0.05) is 13.1 Å².